The summed E-state index contributed by atoms with van der Waals surface area (Å²) in [6.07, 6.45) is 3.54. The van der Waals surface area contributed by atoms with Crippen LogP contribution in [0.25, 0.3) is 10.8 Å². The van der Waals surface area contributed by atoms with Crippen LogP contribution in [0.15, 0.2) is 30.5 Å². The Kier molecular flexibility index (Phi) is 3.64. The predicted octanol–water partition coefficient (Wildman–Crippen LogP) is 2.39. The smallest absolute Gasteiger partial charge is 0.328 e. The van der Waals surface area contributed by atoms with Crippen LogP contribution in [0.4, 0.5) is 5.82 Å². The van der Waals surface area contributed by atoms with Crippen LogP contribution >= 0.6 is 0 Å². The van der Waals surface area contributed by atoms with Crippen LogP contribution < -0.4 is 9.64 Å². The Bertz CT molecular complexity index is 672. The van der Waals surface area contributed by atoms with Gasteiger partial charge in [-0.05, 0) is 36.4 Å². The fourth-order valence-electron chi connectivity index (χ4n) is 2.89. The Morgan fingerprint density at radius 1 is 1.33 bits per heavy atom. The van der Waals surface area contributed by atoms with Gasteiger partial charge in [0, 0.05) is 18.1 Å². The number of rotatable bonds is 3. The minimum absolute atomic E-state index is 0.200. The van der Waals surface area contributed by atoms with Gasteiger partial charge < -0.3 is 14.4 Å². The first kappa shape index (κ1) is 13.7. The van der Waals surface area contributed by atoms with Crippen molar-refractivity contribution in [2.75, 3.05) is 25.7 Å². The number of fused-ring (bicyclic) bond motifs is 1. The Morgan fingerprint density at radius 3 is 2.95 bits per heavy atom. The van der Waals surface area contributed by atoms with E-state index in [0.717, 1.165) is 41.7 Å². The van der Waals surface area contributed by atoms with Crippen LogP contribution in [-0.2, 0) is 9.53 Å². The molecule has 1 atom stereocenters. The second kappa shape index (κ2) is 5.60. The maximum absolute atomic E-state index is 11.9. The standard InChI is InChI=1S/C16H18N2O3/c1-20-12-6-5-11-7-8-17-15(13(11)10-12)18-9-3-4-14(18)16(19)21-2/h5-8,10,14H,3-4,9H2,1-2H3. The lowest BCUT2D eigenvalue weighted by Gasteiger charge is -2.25. The number of benzene rings is 1. The largest absolute Gasteiger partial charge is 0.497 e. The first-order valence-corrected chi connectivity index (χ1v) is 7.02. The molecule has 1 aliphatic heterocycles. The van der Waals surface area contributed by atoms with Crippen LogP contribution in [-0.4, -0.2) is 37.8 Å². The molecule has 110 valence electrons. The molecule has 5 heteroatoms. The van der Waals surface area contributed by atoms with Crippen molar-refractivity contribution in [2.45, 2.75) is 18.9 Å². The number of anilines is 1. The summed E-state index contributed by atoms with van der Waals surface area (Å²) in [6.45, 7) is 0.809. The fourth-order valence-corrected chi connectivity index (χ4v) is 2.89. The van der Waals surface area contributed by atoms with Gasteiger partial charge in [0.15, 0.2) is 0 Å². The zero-order valence-corrected chi connectivity index (χ0v) is 12.2. The lowest BCUT2D eigenvalue weighted by molar-refractivity contribution is -0.141. The maximum Gasteiger partial charge on any atom is 0.328 e. The monoisotopic (exact) mass is 286 g/mol. The molecule has 1 aromatic carbocycles. The quantitative estimate of drug-likeness (QED) is 0.811. The van der Waals surface area contributed by atoms with Crippen LogP contribution in [0.2, 0.25) is 0 Å². The molecule has 1 saturated heterocycles. The number of pyridine rings is 1. The predicted molar refractivity (Wildman–Crippen MR) is 80.7 cm³/mol. The average molecular weight is 286 g/mol. The summed E-state index contributed by atoms with van der Waals surface area (Å²) in [5, 5.41) is 2.07. The number of hydrogen-bond acceptors (Lipinski definition) is 5. The normalized spacial score (nSPS) is 18.0. The SMILES string of the molecule is COC(=O)C1CCCN1c1nccc2ccc(OC)cc12. The summed E-state index contributed by atoms with van der Waals surface area (Å²) >= 11 is 0. The van der Waals surface area contributed by atoms with Gasteiger partial charge >= 0.3 is 5.97 Å². The molecule has 0 spiro atoms. The van der Waals surface area contributed by atoms with Gasteiger partial charge in [-0.3, -0.25) is 0 Å². The van der Waals surface area contributed by atoms with Crippen LogP contribution in [0.3, 0.4) is 0 Å². The first-order chi connectivity index (χ1) is 10.2. The van der Waals surface area contributed by atoms with Crippen molar-refractivity contribution in [1.29, 1.82) is 0 Å². The molecule has 0 N–H and O–H groups in total. The first-order valence-electron chi connectivity index (χ1n) is 7.02. The van der Waals surface area contributed by atoms with Crippen molar-refractivity contribution in [3.05, 3.63) is 30.5 Å². The number of carbonyl (C=O) groups excluding carboxylic acids is 1. The van der Waals surface area contributed by atoms with Crippen molar-refractivity contribution in [2.24, 2.45) is 0 Å². The number of aromatic nitrogens is 1. The molecular weight excluding hydrogens is 268 g/mol. The molecule has 1 fully saturated rings. The highest BCUT2D eigenvalue weighted by atomic mass is 16.5. The van der Waals surface area contributed by atoms with Crippen molar-refractivity contribution >= 4 is 22.6 Å². The van der Waals surface area contributed by atoms with E-state index in [4.69, 9.17) is 9.47 Å². The summed E-state index contributed by atoms with van der Waals surface area (Å²) < 4.78 is 10.2. The van der Waals surface area contributed by atoms with E-state index in [-0.39, 0.29) is 12.0 Å². The molecule has 1 aromatic heterocycles. The van der Waals surface area contributed by atoms with E-state index in [0.29, 0.717) is 0 Å². The Balaban J connectivity index is 2.08. The van der Waals surface area contributed by atoms with Crippen LogP contribution in [0, 0.1) is 0 Å². The number of esters is 1. The topological polar surface area (TPSA) is 51.7 Å². The zero-order chi connectivity index (χ0) is 14.8. The van der Waals surface area contributed by atoms with E-state index in [1.807, 2.05) is 29.2 Å². The number of nitrogens with zero attached hydrogens (tertiary/aromatic N) is 2. The van der Waals surface area contributed by atoms with Gasteiger partial charge in [0.25, 0.3) is 0 Å². The second-order valence-corrected chi connectivity index (χ2v) is 5.10. The van der Waals surface area contributed by atoms with Gasteiger partial charge in [-0.2, -0.15) is 0 Å². The maximum atomic E-state index is 11.9. The lowest BCUT2D eigenvalue weighted by Crippen LogP contribution is -2.37. The number of carbonyl (C=O) groups is 1. The second-order valence-electron chi connectivity index (χ2n) is 5.10. The Labute approximate surface area is 123 Å². The minimum atomic E-state index is -0.251. The Hall–Kier alpha value is -2.30. The van der Waals surface area contributed by atoms with Crippen molar-refractivity contribution < 1.29 is 14.3 Å². The summed E-state index contributed by atoms with van der Waals surface area (Å²) in [7, 11) is 3.07. The van der Waals surface area contributed by atoms with E-state index in [1.165, 1.54) is 7.11 Å². The van der Waals surface area contributed by atoms with E-state index < -0.39 is 0 Å². The molecule has 21 heavy (non-hydrogen) atoms. The third-order valence-corrected chi connectivity index (χ3v) is 3.95. The number of ether oxygens (including phenoxy) is 2. The van der Waals surface area contributed by atoms with Gasteiger partial charge in [0.05, 0.1) is 14.2 Å². The molecule has 1 aliphatic rings. The third kappa shape index (κ3) is 2.39. The highest BCUT2D eigenvalue weighted by molar-refractivity contribution is 5.95. The molecule has 0 radical (unpaired) electrons. The molecular formula is C16H18N2O3. The molecule has 2 heterocycles. The van der Waals surface area contributed by atoms with Crippen molar-refractivity contribution in [3.8, 4) is 5.75 Å². The summed E-state index contributed by atoms with van der Waals surface area (Å²) in [4.78, 5) is 18.5. The van der Waals surface area contributed by atoms with E-state index in [1.54, 1.807) is 13.3 Å². The number of hydrogen-bond donors (Lipinski definition) is 0. The average Bonchev–Trinajstić information content (AvgIpc) is 3.02. The summed E-state index contributed by atoms with van der Waals surface area (Å²) in [5.74, 6) is 1.40. The molecule has 0 amide bonds. The van der Waals surface area contributed by atoms with E-state index >= 15 is 0 Å². The van der Waals surface area contributed by atoms with Gasteiger partial charge in [0.2, 0.25) is 0 Å². The molecule has 0 bridgehead atoms. The lowest BCUT2D eigenvalue weighted by atomic mass is 10.1. The van der Waals surface area contributed by atoms with E-state index in [2.05, 4.69) is 4.98 Å². The summed E-state index contributed by atoms with van der Waals surface area (Å²) in [5.41, 5.74) is 0. The van der Waals surface area contributed by atoms with Crippen molar-refractivity contribution in [3.63, 3.8) is 0 Å². The van der Waals surface area contributed by atoms with Crippen LogP contribution in [0.5, 0.6) is 5.75 Å². The van der Waals surface area contributed by atoms with Gasteiger partial charge in [0.1, 0.15) is 17.6 Å². The third-order valence-electron chi connectivity index (χ3n) is 3.95. The highest BCUT2D eigenvalue weighted by Crippen LogP contribution is 2.32. The molecule has 0 saturated carbocycles. The molecule has 3 rings (SSSR count). The fraction of sp³-hybridized carbons (Fsp3) is 0.375. The zero-order valence-electron chi connectivity index (χ0n) is 12.2. The van der Waals surface area contributed by atoms with E-state index in [9.17, 15) is 4.79 Å². The van der Waals surface area contributed by atoms with Crippen LogP contribution in [0.1, 0.15) is 12.8 Å². The molecule has 5 nitrogen and oxygen atoms in total. The summed E-state index contributed by atoms with van der Waals surface area (Å²) in [6, 6.07) is 7.60. The van der Waals surface area contributed by atoms with Crippen molar-refractivity contribution in [1.82, 2.24) is 4.98 Å². The Morgan fingerprint density at radius 2 is 2.19 bits per heavy atom. The number of methoxy groups -OCH3 is 2. The highest BCUT2D eigenvalue weighted by Gasteiger charge is 2.33. The van der Waals surface area contributed by atoms with Gasteiger partial charge in [-0.15, -0.1) is 0 Å². The van der Waals surface area contributed by atoms with Gasteiger partial charge in [-0.25, -0.2) is 9.78 Å². The molecule has 1 unspecified atom stereocenters. The van der Waals surface area contributed by atoms with Gasteiger partial charge in [-0.1, -0.05) is 6.07 Å². The minimum Gasteiger partial charge on any atom is -0.497 e. The molecule has 2 aromatic rings. The molecule has 0 aliphatic carbocycles.